The largest absolute Gasteiger partial charge is 0.508 e. The van der Waals surface area contributed by atoms with E-state index in [-0.39, 0.29) is 43.3 Å². The molecule has 2 aliphatic rings. The second-order valence-electron chi connectivity index (χ2n) is 8.58. The van der Waals surface area contributed by atoms with Crippen LogP contribution in [0.2, 0.25) is 0 Å². The number of hydrogen-bond donors (Lipinski definition) is 2. The smallest absolute Gasteiger partial charge is 0.416 e. The molecule has 35 heavy (non-hydrogen) atoms. The lowest BCUT2D eigenvalue weighted by molar-refractivity contribution is -0.187. The van der Waals surface area contributed by atoms with Crippen molar-refractivity contribution in [3.63, 3.8) is 0 Å². The fraction of sp³-hybridized carbons (Fsp3) is 0.348. The summed E-state index contributed by atoms with van der Waals surface area (Å²) in [6.07, 6.45) is -5.39. The molecule has 4 rings (SSSR count). The Morgan fingerprint density at radius 2 is 1.80 bits per heavy atom. The molecular weight excluding hydrogens is 467 g/mol. The first-order chi connectivity index (χ1) is 16.5. The lowest BCUT2D eigenvalue weighted by Gasteiger charge is -2.54. The van der Waals surface area contributed by atoms with Crippen LogP contribution in [0.1, 0.15) is 16.7 Å². The molecule has 0 aliphatic carbocycles. The number of amides is 4. The minimum Gasteiger partial charge on any atom is -0.508 e. The Balaban J connectivity index is 1.70. The first-order valence-electron chi connectivity index (χ1n) is 10.8. The molecular formula is C23H24F3N5O4. The van der Waals surface area contributed by atoms with Crippen molar-refractivity contribution in [3.8, 4) is 5.75 Å². The molecule has 4 amide bonds. The van der Waals surface area contributed by atoms with Crippen LogP contribution in [0, 0.1) is 0 Å². The van der Waals surface area contributed by atoms with Crippen molar-refractivity contribution in [3.05, 3.63) is 65.2 Å². The molecule has 186 valence electrons. The number of halogens is 3. The minimum atomic E-state index is -4.54. The van der Waals surface area contributed by atoms with Gasteiger partial charge in [-0.1, -0.05) is 24.3 Å². The van der Waals surface area contributed by atoms with E-state index in [0.717, 1.165) is 12.1 Å². The number of benzene rings is 2. The number of phenolic OH excluding ortho intramolecular Hbond substituents is 1. The minimum absolute atomic E-state index is 0.0309. The predicted octanol–water partition coefficient (Wildman–Crippen LogP) is 1.76. The van der Waals surface area contributed by atoms with E-state index in [1.807, 2.05) is 0 Å². The number of piperazine rings is 1. The van der Waals surface area contributed by atoms with Crippen LogP contribution in [0.5, 0.6) is 5.75 Å². The number of nitrogens with zero attached hydrogens (tertiary/aromatic N) is 4. The first kappa shape index (κ1) is 24.3. The highest BCUT2D eigenvalue weighted by Crippen LogP contribution is 2.31. The summed E-state index contributed by atoms with van der Waals surface area (Å²) in [6.45, 7) is -0.448. The zero-order valence-corrected chi connectivity index (χ0v) is 18.8. The van der Waals surface area contributed by atoms with Crippen LogP contribution < -0.4 is 5.73 Å². The summed E-state index contributed by atoms with van der Waals surface area (Å²) in [5.41, 5.74) is 5.64. The van der Waals surface area contributed by atoms with Crippen LogP contribution in [0.15, 0.2) is 48.5 Å². The molecule has 2 atom stereocenters. The molecule has 2 aromatic rings. The Hall–Kier alpha value is -3.80. The summed E-state index contributed by atoms with van der Waals surface area (Å²) in [7, 11) is 1.52. The third-order valence-corrected chi connectivity index (χ3v) is 6.16. The molecule has 9 nitrogen and oxygen atoms in total. The predicted molar refractivity (Wildman–Crippen MR) is 117 cm³/mol. The zero-order chi connectivity index (χ0) is 25.5. The highest BCUT2D eigenvalue weighted by Gasteiger charge is 2.50. The van der Waals surface area contributed by atoms with E-state index in [0.29, 0.717) is 5.56 Å². The molecule has 0 unspecified atom stereocenters. The number of nitrogens with two attached hydrogens (primary N) is 1. The van der Waals surface area contributed by atoms with Crippen molar-refractivity contribution in [2.45, 2.75) is 31.3 Å². The highest BCUT2D eigenvalue weighted by atomic mass is 19.4. The molecule has 0 bridgehead atoms. The van der Waals surface area contributed by atoms with Crippen LogP contribution in [-0.4, -0.2) is 75.1 Å². The number of rotatable bonds is 4. The Labute approximate surface area is 199 Å². The number of urea groups is 1. The van der Waals surface area contributed by atoms with Gasteiger partial charge >= 0.3 is 12.2 Å². The Morgan fingerprint density at radius 1 is 1.11 bits per heavy atom. The quantitative estimate of drug-likeness (QED) is 0.678. The molecule has 0 spiro atoms. The monoisotopic (exact) mass is 491 g/mol. The van der Waals surface area contributed by atoms with Gasteiger partial charge in [0.2, 0.25) is 11.8 Å². The SMILES string of the molecule is CN1CC(=O)N2[C@@H](Cc3ccc(O)cc3)C(=O)N(Cc3cccc(C(F)(F)F)c3)C[C@@H]2N1C(N)=O. The van der Waals surface area contributed by atoms with E-state index < -0.39 is 35.9 Å². The van der Waals surface area contributed by atoms with Gasteiger partial charge in [-0.3, -0.25) is 9.59 Å². The number of aromatic hydroxyl groups is 1. The summed E-state index contributed by atoms with van der Waals surface area (Å²) in [5.74, 6) is -0.816. The van der Waals surface area contributed by atoms with Gasteiger partial charge in [0.15, 0.2) is 0 Å². The lowest BCUT2D eigenvalue weighted by Crippen LogP contribution is -2.75. The number of hydrazine groups is 1. The maximum absolute atomic E-state index is 13.6. The van der Waals surface area contributed by atoms with Crippen LogP contribution in [0.3, 0.4) is 0 Å². The summed E-state index contributed by atoms with van der Waals surface area (Å²) in [6, 6.07) is 8.92. The van der Waals surface area contributed by atoms with Gasteiger partial charge in [-0.05, 0) is 35.4 Å². The van der Waals surface area contributed by atoms with E-state index in [1.54, 1.807) is 12.1 Å². The van der Waals surface area contributed by atoms with Crippen molar-refractivity contribution in [1.29, 1.82) is 0 Å². The number of primary amides is 1. The summed E-state index contributed by atoms with van der Waals surface area (Å²) >= 11 is 0. The van der Waals surface area contributed by atoms with Crippen molar-refractivity contribution < 1.29 is 32.7 Å². The molecule has 2 aliphatic heterocycles. The van der Waals surface area contributed by atoms with Crippen molar-refractivity contribution >= 4 is 17.8 Å². The fourth-order valence-corrected chi connectivity index (χ4v) is 4.59. The second-order valence-corrected chi connectivity index (χ2v) is 8.58. The zero-order valence-electron chi connectivity index (χ0n) is 18.8. The van der Waals surface area contributed by atoms with Gasteiger partial charge in [0, 0.05) is 20.0 Å². The average Bonchev–Trinajstić information content (AvgIpc) is 2.77. The fourth-order valence-electron chi connectivity index (χ4n) is 4.59. The van der Waals surface area contributed by atoms with Gasteiger partial charge in [-0.2, -0.15) is 13.2 Å². The molecule has 2 aromatic carbocycles. The van der Waals surface area contributed by atoms with Gasteiger partial charge in [0.05, 0.1) is 18.7 Å². The molecule has 2 saturated heterocycles. The molecule has 2 fully saturated rings. The number of carbonyl (C=O) groups is 3. The van der Waals surface area contributed by atoms with Gasteiger partial charge in [0.25, 0.3) is 0 Å². The number of phenols is 1. The number of carbonyl (C=O) groups excluding carboxylic acids is 3. The van der Waals surface area contributed by atoms with Crippen molar-refractivity contribution in [2.24, 2.45) is 5.73 Å². The molecule has 2 heterocycles. The summed E-state index contributed by atoms with van der Waals surface area (Å²) < 4.78 is 39.6. The van der Waals surface area contributed by atoms with Crippen LogP contribution in [0.4, 0.5) is 18.0 Å². The highest BCUT2D eigenvalue weighted by molar-refractivity contribution is 5.91. The Morgan fingerprint density at radius 3 is 2.43 bits per heavy atom. The van der Waals surface area contributed by atoms with Crippen molar-refractivity contribution in [1.82, 2.24) is 19.8 Å². The van der Waals surface area contributed by atoms with E-state index in [1.165, 1.54) is 51.1 Å². The normalized spacial score (nSPS) is 21.3. The topological polar surface area (TPSA) is 110 Å². The van der Waals surface area contributed by atoms with Crippen LogP contribution in [0.25, 0.3) is 0 Å². The maximum atomic E-state index is 13.6. The Bertz CT molecular complexity index is 1140. The number of fused-ring (bicyclic) bond motifs is 1. The van der Waals surface area contributed by atoms with E-state index >= 15 is 0 Å². The lowest BCUT2D eigenvalue weighted by atomic mass is 9.98. The molecule has 0 saturated carbocycles. The standard InChI is InChI=1S/C23H24F3N5O4/c1-28-13-20(33)30-18(10-14-5-7-17(32)8-6-14)21(34)29(12-19(30)31(28)22(27)35)11-15-3-2-4-16(9-15)23(24,25)26/h2-9,18-19,32H,10-13H2,1H3,(H2,27,35)/t18-,19-/m0/s1. The molecule has 3 N–H and O–H groups in total. The van der Waals surface area contributed by atoms with E-state index in [4.69, 9.17) is 5.73 Å². The molecule has 0 radical (unpaired) electrons. The molecule has 0 aromatic heterocycles. The van der Waals surface area contributed by atoms with Crippen LogP contribution >= 0.6 is 0 Å². The maximum Gasteiger partial charge on any atom is 0.416 e. The van der Waals surface area contributed by atoms with Gasteiger partial charge in [0.1, 0.15) is 18.0 Å². The average molecular weight is 491 g/mol. The first-order valence-corrected chi connectivity index (χ1v) is 10.8. The second kappa shape index (κ2) is 9.10. The summed E-state index contributed by atoms with van der Waals surface area (Å²) in [5, 5.41) is 12.1. The van der Waals surface area contributed by atoms with Gasteiger partial charge in [-0.15, -0.1) is 0 Å². The van der Waals surface area contributed by atoms with E-state index in [2.05, 4.69) is 0 Å². The number of alkyl halides is 3. The van der Waals surface area contributed by atoms with Crippen LogP contribution in [-0.2, 0) is 28.7 Å². The third kappa shape index (κ3) is 4.87. The number of likely N-dealkylation sites (N-methyl/N-ethyl adjacent to an activating group) is 1. The Kier molecular flexibility index (Phi) is 6.32. The van der Waals surface area contributed by atoms with Crippen molar-refractivity contribution in [2.75, 3.05) is 20.1 Å². The van der Waals surface area contributed by atoms with Gasteiger partial charge in [-0.25, -0.2) is 14.8 Å². The molecule has 12 heteroatoms. The third-order valence-electron chi connectivity index (χ3n) is 6.16. The number of hydrogen-bond acceptors (Lipinski definition) is 5. The van der Waals surface area contributed by atoms with E-state index in [9.17, 15) is 32.7 Å². The summed E-state index contributed by atoms with van der Waals surface area (Å²) in [4.78, 5) is 41.5. The van der Waals surface area contributed by atoms with Gasteiger partial charge < -0.3 is 20.6 Å².